The summed E-state index contributed by atoms with van der Waals surface area (Å²) >= 11 is 1.39. The molecule has 0 saturated carbocycles. The van der Waals surface area contributed by atoms with Crippen molar-refractivity contribution in [3.63, 3.8) is 0 Å². The lowest BCUT2D eigenvalue weighted by Crippen LogP contribution is -2.01. The first-order chi connectivity index (χ1) is 13.1. The molecule has 1 heterocycles. The van der Waals surface area contributed by atoms with Gasteiger partial charge in [-0.05, 0) is 48.4 Å². The number of ether oxygens (including phenoxy) is 2. The highest BCUT2D eigenvalue weighted by Crippen LogP contribution is 2.25. The van der Waals surface area contributed by atoms with Crippen LogP contribution < -0.4 is 9.47 Å². The van der Waals surface area contributed by atoms with Crippen molar-refractivity contribution in [1.82, 2.24) is 10.2 Å². The number of hydrogen-bond donors (Lipinski definition) is 0. The number of aryl methyl sites for hydroxylation is 1. The zero-order valence-corrected chi connectivity index (χ0v) is 15.4. The van der Waals surface area contributed by atoms with Gasteiger partial charge in [0.05, 0.1) is 6.61 Å². The largest absolute Gasteiger partial charge is 0.493 e. The predicted molar refractivity (Wildman–Crippen MR) is 98.4 cm³/mol. The predicted octanol–water partition coefficient (Wildman–Crippen LogP) is 5.07. The van der Waals surface area contributed by atoms with Gasteiger partial charge in [0.2, 0.25) is 5.89 Å². The second-order valence-corrected chi connectivity index (χ2v) is 6.52. The van der Waals surface area contributed by atoms with Gasteiger partial charge in [-0.3, -0.25) is 0 Å². The van der Waals surface area contributed by atoms with Gasteiger partial charge in [0.1, 0.15) is 11.5 Å². The van der Waals surface area contributed by atoms with E-state index in [9.17, 15) is 8.78 Å². The van der Waals surface area contributed by atoms with Gasteiger partial charge in [-0.2, -0.15) is 8.78 Å². The smallest absolute Gasteiger partial charge is 0.387 e. The normalized spacial score (nSPS) is 11.0. The molecule has 0 amide bonds. The van der Waals surface area contributed by atoms with Gasteiger partial charge in [0.15, 0.2) is 0 Å². The lowest BCUT2D eigenvalue weighted by molar-refractivity contribution is -0.0498. The highest BCUT2D eigenvalue weighted by molar-refractivity contribution is 7.99. The number of rotatable bonds is 9. The summed E-state index contributed by atoms with van der Waals surface area (Å²) in [5.41, 5.74) is 1.86. The number of benzene rings is 2. The van der Waals surface area contributed by atoms with Crippen molar-refractivity contribution in [2.75, 3.05) is 12.4 Å². The Bertz CT molecular complexity index is 856. The Balaban J connectivity index is 1.49. The fourth-order valence-electron chi connectivity index (χ4n) is 2.31. The van der Waals surface area contributed by atoms with E-state index < -0.39 is 6.61 Å². The number of halogens is 2. The van der Waals surface area contributed by atoms with Crippen LogP contribution in [0.25, 0.3) is 11.5 Å². The van der Waals surface area contributed by atoms with Gasteiger partial charge in [-0.15, -0.1) is 10.2 Å². The first-order valence-corrected chi connectivity index (χ1v) is 9.36. The van der Waals surface area contributed by atoms with E-state index in [2.05, 4.69) is 27.9 Å². The van der Waals surface area contributed by atoms with E-state index in [1.54, 1.807) is 12.1 Å². The Labute approximate surface area is 159 Å². The Morgan fingerprint density at radius 1 is 1.07 bits per heavy atom. The SMILES string of the molecule is CCc1cccc(OCCSc2nnc(-c3ccc(OC(F)F)cc3)o2)c1. The maximum atomic E-state index is 12.2. The average Bonchev–Trinajstić information content (AvgIpc) is 3.14. The van der Waals surface area contributed by atoms with Gasteiger partial charge < -0.3 is 13.9 Å². The fraction of sp³-hybridized carbons (Fsp3) is 0.263. The summed E-state index contributed by atoms with van der Waals surface area (Å²) in [7, 11) is 0. The zero-order chi connectivity index (χ0) is 19.1. The van der Waals surface area contributed by atoms with E-state index in [4.69, 9.17) is 9.15 Å². The second-order valence-electron chi connectivity index (χ2n) is 5.47. The van der Waals surface area contributed by atoms with Crippen molar-refractivity contribution >= 4 is 11.8 Å². The van der Waals surface area contributed by atoms with Crippen molar-refractivity contribution in [2.45, 2.75) is 25.2 Å². The quantitative estimate of drug-likeness (QED) is 0.374. The first-order valence-electron chi connectivity index (χ1n) is 8.37. The van der Waals surface area contributed by atoms with E-state index in [0.29, 0.717) is 29.0 Å². The molecular formula is C19H18F2N2O3S. The molecule has 8 heteroatoms. The molecule has 0 atom stereocenters. The molecule has 0 saturated heterocycles. The summed E-state index contributed by atoms with van der Waals surface area (Å²) in [6.45, 7) is -0.245. The Hall–Kier alpha value is -2.61. The van der Waals surface area contributed by atoms with Crippen LogP contribution in [0.15, 0.2) is 58.2 Å². The summed E-state index contributed by atoms with van der Waals surface area (Å²) in [5, 5.41) is 8.36. The molecule has 0 spiro atoms. The maximum absolute atomic E-state index is 12.2. The van der Waals surface area contributed by atoms with Gasteiger partial charge in [0, 0.05) is 11.3 Å². The van der Waals surface area contributed by atoms with Crippen LogP contribution in [0.4, 0.5) is 8.78 Å². The zero-order valence-electron chi connectivity index (χ0n) is 14.6. The lowest BCUT2D eigenvalue weighted by Gasteiger charge is -2.06. The van der Waals surface area contributed by atoms with Crippen LogP contribution in [-0.4, -0.2) is 29.2 Å². The molecule has 0 N–H and O–H groups in total. The average molecular weight is 392 g/mol. The van der Waals surface area contributed by atoms with Crippen LogP contribution in [0.5, 0.6) is 11.5 Å². The van der Waals surface area contributed by atoms with E-state index in [-0.39, 0.29) is 5.75 Å². The molecule has 0 fully saturated rings. The maximum Gasteiger partial charge on any atom is 0.387 e. The summed E-state index contributed by atoms with van der Waals surface area (Å²) < 4.78 is 39.9. The Morgan fingerprint density at radius 2 is 1.89 bits per heavy atom. The molecule has 0 radical (unpaired) electrons. The van der Waals surface area contributed by atoms with Gasteiger partial charge in [-0.25, -0.2) is 0 Å². The molecular weight excluding hydrogens is 374 g/mol. The number of thioether (sulfide) groups is 1. The Morgan fingerprint density at radius 3 is 2.63 bits per heavy atom. The summed E-state index contributed by atoms with van der Waals surface area (Å²) in [6.07, 6.45) is 0.964. The highest BCUT2D eigenvalue weighted by atomic mass is 32.2. The number of hydrogen-bond acceptors (Lipinski definition) is 6. The summed E-state index contributed by atoms with van der Waals surface area (Å²) in [5.74, 6) is 1.89. The number of alkyl halides is 2. The molecule has 3 aromatic rings. The monoisotopic (exact) mass is 392 g/mol. The van der Waals surface area contributed by atoms with Gasteiger partial charge >= 0.3 is 6.61 Å². The van der Waals surface area contributed by atoms with Crippen molar-refractivity contribution in [3.05, 3.63) is 54.1 Å². The van der Waals surface area contributed by atoms with E-state index in [0.717, 1.165) is 12.2 Å². The third-order valence-corrected chi connectivity index (χ3v) is 4.40. The minimum atomic E-state index is -2.85. The highest BCUT2D eigenvalue weighted by Gasteiger charge is 2.10. The van der Waals surface area contributed by atoms with Crippen molar-refractivity contribution in [2.24, 2.45) is 0 Å². The molecule has 0 aliphatic carbocycles. The third kappa shape index (κ3) is 5.68. The molecule has 0 bridgehead atoms. The standard InChI is InChI=1S/C19H18F2N2O3S/c1-2-13-4-3-5-16(12-13)24-10-11-27-19-23-22-17(26-19)14-6-8-15(9-7-14)25-18(20)21/h3-9,12,18H,2,10-11H2,1H3. The third-order valence-electron chi connectivity index (χ3n) is 3.62. The number of nitrogens with zero attached hydrogens (tertiary/aromatic N) is 2. The van der Waals surface area contributed by atoms with E-state index >= 15 is 0 Å². The molecule has 2 aromatic carbocycles. The van der Waals surface area contributed by atoms with Crippen LogP contribution >= 0.6 is 11.8 Å². The van der Waals surface area contributed by atoms with Crippen LogP contribution in [0, 0.1) is 0 Å². The van der Waals surface area contributed by atoms with E-state index in [1.807, 2.05) is 18.2 Å². The first kappa shape index (κ1) is 19.2. The van der Waals surface area contributed by atoms with Crippen LogP contribution in [-0.2, 0) is 6.42 Å². The number of aromatic nitrogens is 2. The van der Waals surface area contributed by atoms with Crippen LogP contribution in [0.2, 0.25) is 0 Å². The molecule has 0 aliphatic heterocycles. The molecule has 5 nitrogen and oxygen atoms in total. The van der Waals surface area contributed by atoms with E-state index in [1.165, 1.54) is 29.5 Å². The van der Waals surface area contributed by atoms with Gasteiger partial charge in [-0.1, -0.05) is 30.8 Å². The second kappa shape index (κ2) is 9.36. The fourth-order valence-corrected chi connectivity index (χ4v) is 2.89. The molecule has 27 heavy (non-hydrogen) atoms. The summed E-state index contributed by atoms with van der Waals surface area (Å²) in [6, 6.07) is 14.0. The topological polar surface area (TPSA) is 57.4 Å². The molecule has 0 unspecified atom stereocenters. The van der Waals surface area contributed by atoms with Crippen LogP contribution in [0.3, 0.4) is 0 Å². The lowest BCUT2D eigenvalue weighted by atomic mass is 10.2. The molecule has 3 rings (SSSR count). The van der Waals surface area contributed by atoms with Crippen molar-refractivity contribution in [3.8, 4) is 23.0 Å². The van der Waals surface area contributed by atoms with Crippen molar-refractivity contribution in [1.29, 1.82) is 0 Å². The summed E-state index contributed by atoms with van der Waals surface area (Å²) in [4.78, 5) is 0. The molecule has 1 aromatic heterocycles. The minimum absolute atomic E-state index is 0.0761. The van der Waals surface area contributed by atoms with Gasteiger partial charge in [0.25, 0.3) is 5.22 Å². The minimum Gasteiger partial charge on any atom is -0.493 e. The van der Waals surface area contributed by atoms with Crippen LogP contribution in [0.1, 0.15) is 12.5 Å². The Kier molecular flexibility index (Phi) is 6.64. The van der Waals surface area contributed by atoms with Crippen molar-refractivity contribution < 1.29 is 22.7 Å². The molecule has 142 valence electrons. The molecule has 0 aliphatic rings.